The molecular formula is C16H28N4O. The van der Waals surface area contributed by atoms with E-state index in [-0.39, 0.29) is 0 Å². The van der Waals surface area contributed by atoms with E-state index in [1.165, 1.54) is 0 Å². The summed E-state index contributed by atoms with van der Waals surface area (Å²) in [6, 6.07) is 0.342. The summed E-state index contributed by atoms with van der Waals surface area (Å²) >= 11 is 0. The van der Waals surface area contributed by atoms with E-state index in [0.717, 1.165) is 64.0 Å². The van der Waals surface area contributed by atoms with E-state index in [1.54, 1.807) is 0 Å². The number of carbonyl (C=O) groups is 1. The summed E-state index contributed by atoms with van der Waals surface area (Å²) in [5.74, 6) is 1.35. The van der Waals surface area contributed by atoms with Crippen LogP contribution in [0.5, 0.6) is 0 Å². The zero-order valence-corrected chi connectivity index (χ0v) is 13.1. The first-order chi connectivity index (χ1) is 10.2. The number of hydrogen-bond acceptors (Lipinski definition) is 3. The molecule has 0 aliphatic carbocycles. The number of unbranched alkanes of at least 4 members (excludes halogenated alkanes) is 3. The molecule has 0 spiro atoms. The van der Waals surface area contributed by atoms with Gasteiger partial charge in [0.2, 0.25) is 5.91 Å². The van der Waals surface area contributed by atoms with Gasteiger partial charge in [0.05, 0.1) is 0 Å². The van der Waals surface area contributed by atoms with Crippen molar-refractivity contribution >= 4 is 5.91 Å². The summed E-state index contributed by atoms with van der Waals surface area (Å²) in [5.41, 5.74) is 5.48. The second-order valence-electron chi connectivity index (χ2n) is 5.96. The van der Waals surface area contributed by atoms with Gasteiger partial charge in [-0.15, -0.1) is 0 Å². The average molecular weight is 292 g/mol. The Morgan fingerprint density at radius 2 is 2.19 bits per heavy atom. The summed E-state index contributed by atoms with van der Waals surface area (Å²) in [6.45, 7) is 4.57. The molecule has 2 rings (SSSR count). The quantitative estimate of drug-likeness (QED) is 0.746. The monoisotopic (exact) mass is 292 g/mol. The Labute approximate surface area is 127 Å². The number of rotatable bonds is 8. The molecule has 1 aromatic rings. The third-order valence-electron chi connectivity index (χ3n) is 4.37. The zero-order chi connectivity index (χ0) is 15.1. The number of nitrogens with two attached hydrogens (primary N) is 1. The maximum atomic E-state index is 12.4. The van der Waals surface area contributed by atoms with Crippen molar-refractivity contribution in [1.82, 2.24) is 14.5 Å². The fraction of sp³-hybridized carbons (Fsp3) is 0.750. The molecule has 1 atom stereocenters. The van der Waals surface area contributed by atoms with Gasteiger partial charge in [-0.1, -0.05) is 12.8 Å². The Balaban J connectivity index is 1.78. The summed E-state index contributed by atoms with van der Waals surface area (Å²) in [5, 5.41) is 0. The smallest absolute Gasteiger partial charge is 0.222 e. The first kappa shape index (κ1) is 16.0. The van der Waals surface area contributed by atoms with Crippen LogP contribution in [0.15, 0.2) is 12.4 Å². The second-order valence-corrected chi connectivity index (χ2v) is 5.96. The number of likely N-dealkylation sites (tertiary alicyclic amines) is 1. The molecule has 5 nitrogen and oxygen atoms in total. The molecule has 1 amide bonds. The van der Waals surface area contributed by atoms with E-state index in [2.05, 4.69) is 14.5 Å². The van der Waals surface area contributed by atoms with Crippen LogP contribution < -0.4 is 5.73 Å². The summed E-state index contributed by atoms with van der Waals surface area (Å²) in [4.78, 5) is 18.7. The lowest BCUT2D eigenvalue weighted by Crippen LogP contribution is -2.38. The van der Waals surface area contributed by atoms with Crippen LogP contribution in [0.1, 0.15) is 50.8 Å². The van der Waals surface area contributed by atoms with Crippen LogP contribution in [0.2, 0.25) is 0 Å². The number of imidazole rings is 1. The van der Waals surface area contributed by atoms with Gasteiger partial charge >= 0.3 is 0 Å². The van der Waals surface area contributed by atoms with Crippen molar-refractivity contribution in [1.29, 1.82) is 0 Å². The minimum atomic E-state index is 0.322. The van der Waals surface area contributed by atoms with E-state index in [4.69, 9.17) is 5.73 Å². The Morgan fingerprint density at radius 3 is 2.90 bits per heavy atom. The normalized spacial score (nSPS) is 18.4. The number of nitrogens with zero attached hydrogens (tertiary/aromatic N) is 3. The standard InChI is InChI=1S/C16H28N4O/c1-14-18-10-12-19(14)13-15-7-6-11-20(15)16(21)8-4-2-3-5-9-17/h10,12,15H,2-9,11,13,17H2,1H3. The first-order valence-corrected chi connectivity index (χ1v) is 8.19. The number of aryl methyl sites for hydroxylation is 1. The summed E-state index contributed by atoms with van der Waals surface area (Å²) in [7, 11) is 0. The third kappa shape index (κ3) is 4.56. The summed E-state index contributed by atoms with van der Waals surface area (Å²) in [6.07, 6.45) is 11.1. The zero-order valence-electron chi connectivity index (χ0n) is 13.1. The lowest BCUT2D eigenvalue weighted by atomic mass is 10.1. The molecule has 2 N–H and O–H groups in total. The molecule has 1 unspecified atom stereocenters. The highest BCUT2D eigenvalue weighted by molar-refractivity contribution is 5.76. The molecule has 1 aliphatic heterocycles. The van der Waals surface area contributed by atoms with Crippen molar-refractivity contribution in [2.75, 3.05) is 13.1 Å². The van der Waals surface area contributed by atoms with Crippen LogP contribution in [0.25, 0.3) is 0 Å². The van der Waals surface area contributed by atoms with Crippen molar-refractivity contribution < 1.29 is 4.79 Å². The van der Waals surface area contributed by atoms with Crippen molar-refractivity contribution in [3.05, 3.63) is 18.2 Å². The minimum absolute atomic E-state index is 0.322. The van der Waals surface area contributed by atoms with E-state index in [0.29, 0.717) is 18.4 Å². The maximum Gasteiger partial charge on any atom is 0.222 e. The van der Waals surface area contributed by atoms with Gasteiger partial charge in [-0.05, 0) is 39.2 Å². The van der Waals surface area contributed by atoms with Crippen LogP contribution >= 0.6 is 0 Å². The fourth-order valence-electron chi connectivity index (χ4n) is 3.10. The second kappa shape index (κ2) is 8.17. The molecule has 5 heteroatoms. The molecule has 21 heavy (non-hydrogen) atoms. The van der Waals surface area contributed by atoms with Gasteiger partial charge in [0, 0.05) is 37.9 Å². The van der Waals surface area contributed by atoms with Gasteiger partial charge in [-0.25, -0.2) is 4.98 Å². The van der Waals surface area contributed by atoms with Crippen LogP contribution in [0.4, 0.5) is 0 Å². The fourth-order valence-corrected chi connectivity index (χ4v) is 3.10. The van der Waals surface area contributed by atoms with Gasteiger partial charge in [-0.3, -0.25) is 4.79 Å². The lowest BCUT2D eigenvalue weighted by Gasteiger charge is -2.25. The lowest BCUT2D eigenvalue weighted by molar-refractivity contribution is -0.132. The SMILES string of the molecule is Cc1nccn1CC1CCCN1C(=O)CCCCCCN. The Kier molecular flexibility index (Phi) is 6.23. The van der Waals surface area contributed by atoms with Crippen molar-refractivity contribution in [3.63, 3.8) is 0 Å². The minimum Gasteiger partial charge on any atom is -0.338 e. The van der Waals surface area contributed by atoms with E-state index < -0.39 is 0 Å². The summed E-state index contributed by atoms with van der Waals surface area (Å²) < 4.78 is 2.15. The van der Waals surface area contributed by atoms with E-state index >= 15 is 0 Å². The molecule has 118 valence electrons. The van der Waals surface area contributed by atoms with Crippen LogP contribution in [0, 0.1) is 6.92 Å². The maximum absolute atomic E-state index is 12.4. The molecule has 1 saturated heterocycles. The molecule has 2 heterocycles. The number of hydrogen-bond donors (Lipinski definition) is 1. The van der Waals surface area contributed by atoms with Crippen molar-refractivity contribution in [2.45, 2.75) is 64.5 Å². The topological polar surface area (TPSA) is 64.2 Å². The number of carbonyl (C=O) groups excluding carboxylic acids is 1. The van der Waals surface area contributed by atoms with Gasteiger partial charge < -0.3 is 15.2 Å². The molecule has 0 aromatic carbocycles. The molecule has 1 aromatic heterocycles. The van der Waals surface area contributed by atoms with Crippen molar-refractivity contribution in [2.24, 2.45) is 5.73 Å². The van der Waals surface area contributed by atoms with E-state index in [1.807, 2.05) is 19.3 Å². The Morgan fingerprint density at radius 1 is 1.38 bits per heavy atom. The third-order valence-corrected chi connectivity index (χ3v) is 4.37. The molecule has 0 saturated carbocycles. The number of aromatic nitrogens is 2. The molecule has 0 radical (unpaired) electrons. The van der Waals surface area contributed by atoms with Crippen LogP contribution in [-0.4, -0.2) is 39.5 Å². The molecule has 1 fully saturated rings. The molecular weight excluding hydrogens is 264 g/mol. The molecule has 0 bridgehead atoms. The largest absolute Gasteiger partial charge is 0.338 e. The molecule has 1 aliphatic rings. The highest BCUT2D eigenvalue weighted by Crippen LogP contribution is 2.21. The highest BCUT2D eigenvalue weighted by atomic mass is 16.2. The Hall–Kier alpha value is -1.36. The van der Waals surface area contributed by atoms with Gasteiger partial charge in [0.25, 0.3) is 0 Å². The Bertz CT molecular complexity index is 443. The van der Waals surface area contributed by atoms with Crippen LogP contribution in [0.3, 0.4) is 0 Å². The van der Waals surface area contributed by atoms with E-state index in [9.17, 15) is 4.79 Å². The van der Waals surface area contributed by atoms with Crippen molar-refractivity contribution in [3.8, 4) is 0 Å². The average Bonchev–Trinajstić information content (AvgIpc) is 3.09. The highest BCUT2D eigenvalue weighted by Gasteiger charge is 2.28. The predicted molar refractivity (Wildman–Crippen MR) is 83.8 cm³/mol. The van der Waals surface area contributed by atoms with Crippen LogP contribution in [-0.2, 0) is 11.3 Å². The number of amides is 1. The van der Waals surface area contributed by atoms with Gasteiger partial charge in [0.1, 0.15) is 5.82 Å². The predicted octanol–water partition coefficient (Wildman–Crippen LogP) is 2.09. The van der Waals surface area contributed by atoms with Gasteiger partial charge in [0.15, 0.2) is 0 Å². The van der Waals surface area contributed by atoms with Gasteiger partial charge in [-0.2, -0.15) is 0 Å². The first-order valence-electron chi connectivity index (χ1n) is 8.19.